The molecule has 2 aliphatic rings. The number of piperidine rings is 1. The molecule has 1 unspecified atom stereocenters. The van der Waals surface area contributed by atoms with Gasteiger partial charge in [-0.1, -0.05) is 0 Å². The van der Waals surface area contributed by atoms with Crippen molar-refractivity contribution < 1.29 is 9.90 Å². The minimum Gasteiger partial charge on any atom is -0.384 e. The van der Waals surface area contributed by atoms with Crippen LogP contribution in [0.15, 0.2) is 18.6 Å². The van der Waals surface area contributed by atoms with Gasteiger partial charge in [0, 0.05) is 32.9 Å². The number of aromatic nitrogens is 3. The van der Waals surface area contributed by atoms with Gasteiger partial charge in [0.1, 0.15) is 23.9 Å². The number of H-pyrrole nitrogens is 1. The molecule has 0 bridgehead atoms. The summed E-state index contributed by atoms with van der Waals surface area (Å²) in [6, 6.07) is 2.00. The van der Waals surface area contributed by atoms with Crippen LogP contribution in [0.3, 0.4) is 0 Å². The molecule has 2 aromatic heterocycles. The van der Waals surface area contributed by atoms with Gasteiger partial charge in [-0.15, -0.1) is 0 Å². The van der Waals surface area contributed by atoms with Crippen molar-refractivity contribution in [3.63, 3.8) is 0 Å². The van der Waals surface area contributed by atoms with Crippen LogP contribution in [-0.2, 0) is 4.79 Å². The highest BCUT2D eigenvalue weighted by Gasteiger charge is 2.56. The topological polar surface area (TPSA) is 85.3 Å². The van der Waals surface area contributed by atoms with Gasteiger partial charge in [0.25, 0.3) is 5.91 Å². The van der Waals surface area contributed by atoms with Crippen molar-refractivity contribution in [3.05, 3.63) is 18.6 Å². The molecule has 7 nitrogen and oxygen atoms in total. The number of carbonyl (C=O) groups is 1. The summed E-state index contributed by atoms with van der Waals surface area (Å²) in [5, 5.41) is 10.4. The lowest BCUT2D eigenvalue weighted by molar-refractivity contribution is -0.138. The van der Waals surface area contributed by atoms with Gasteiger partial charge in [-0.25, -0.2) is 9.97 Å². The van der Waals surface area contributed by atoms with Crippen LogP contribution in [0.1, 0.15) is 6.92 Å². The molecule has 1 saturated heterocycles. The maximum absolute atomic E-state index is 11.8. The summed E-state index contributed by atoms with van der Waals surface area (Å²) in [6.07, 6.45) is 2.57. The Labute approximate surface area is 134 Å². The molecule has 0 aromatic carbocycles. The minimum absolute atomic E-state index is 0.144. The number of rotatable bonds is 4. The number of carbonyl (C=O) groups excluding carboxylic acids is 1. The van der Waals surface area contributed by atoms with E-state index in [-0.39, 0.29) is 5.91 Å². The average molecular weight is 315 g/mol. The van der Waals surface area contributed by atoms with Crippen LogP contribution in [-0.4, -0.2) is 63.7 Å². The van der Waals surface area contributed by atoms with Crippen LogP contribution in [0.2, 0.25) is 0 Å². The summed E-state index contributed by atoms with van der Waals surface area (Å²) in [4.78, 5) is 27.5. The maximum atomic E-state index is 11.8. The molecule has 4 rings (SSSR count). The van der Waals surface area contributed by atoms with Crippen molar-refractivity contribution >= 4 is 22.8 Å². The van der Waals surface area contributed by atoms with Crippen molar-refractivity contribution in [2.24, 2.45) is 17.8 Å². The summed E-state index contributed by atoms with van der Waals surface area (Å²) in [5.74, 6) is 2.52. The zero-order valence-electron chi connectivity index (χ0n) is 13.3. The molecule has 2 N–H and O–H groups in total. The quantitative estimate of drug-likeness (QED) is 0.857. The first-order chi connectivity index (χ1) is 11.1. The van der Waals surface area contributed by atoms with E-state index < -0.39 is 6.10 Å². The number of nitrogens with zero attached hydrogens (tertiary/aromatic N) is 4. The molecule has 7 heteroatoms. The first kappa shape index (κ1) is 14.4. The monoisotopic (exact) mass is 315 g/mol. The Kier molecular flexibility index (Phi) is 3.26. The number of aliphatic hydroxyl groups is 1. The van der Waals surface area contributed by atoms with E-state index in [9.17, 15) is 9.90 Å². The molecule has 23 heavy (non-hydrogen) atoms. The third kappa shape index (κ3) is 2.35. The van der Waals surface area contributed by atoms with E-state index in [0.29, 0.717) is 17.8 Å². The number of hydrogen-bond donors (Lipinski definition) is 2. The lowest BCUT2D eigenvalue weighted by Crippen LogP contribution is -2.38. The second-order valence-corrected chi connectivity index (χ2v) is 6.73. The van der Waals surface area contributed by atoms with Gasteiger partial charge < -0.3 is 19.9 Å². The van der Waals surface area contributed by atoms with Crippen LogP contribution in [0.25, 0.3) is 11.0 Å². The number of aromatic amines is 1. The number of hydrogen-bond acceptors (Lipinski definition) is 5. The Morgan fingerprint density at radius 2 is 2.22 bits per heavy atom. The smallest absolute Gasteiger partial charge is 0.251 e. The first-order valence-corrected chi connectivity index (χ1v) is 8.02. The minimum atomic E-state index is -0.892. The van der Waals surface area contributed by atoms with E-state index >= 15 is 0 Å². The van der Waals surface area contributed by atoms with Crippen molar-refractivity contribution in [2.75, 3.05) is 31.6 Å². The van der Waals surface area contributed by atoms with Gasteiger partial charge >= 0.3 is 0 Å². The van der Waals surface area contributed by atoms with Crippen molar-refractivity contribution in [3.8, 4) is 0 Å². The van der Waals surface area contributed by atoms with Crippen molar-refractivity contribution in [1.82, 2.24) is 19.9 Å². The van der Waals surface area contributed by atoms with Crippen LogP contribution in [0, 0.1) is 17.8 Å². The van der Waals surface area contributed by atoms with Crippen molar-refractivity contribution in [2.45, 2.75) is 13.0 Å². The summed E-state index contributed by atoms with van der Waals surface area (Å²) >= 11 is 0. The lowest BCUT2D eigenvalue weighted by atomic mass is 10.2. The first-order valence-electron chi connectivity index (χ1n) is 8.02. The third-order valence-corrected chi connectivity index (χ3v) is 5.22. The average Bonchev–Trinajstić information content (AvgIpc) is 2.96. The molecule has 4 atom stereocenters. The Morgan fingerprint density at radius 1 is 1.48 bits per heavy atom. The van der Waals surface area contributed by atoms with Gasteiger partial charge in [-0.05, 0) is 30.7 Å². The van der Waals surface area contributed by atoms with E-state index in [0.717, 1.165) is 36.5 Å². The number of aliphatic hydroxyl groups excluding tert-OH is 1. The van der Waals surface area contributed by atoms with Crippen LogP contribution in [0.5, 0.6) is 0 Å². The molecule has 0 spiro atoms. The molecule has 3 heterocycles. The molecule has 1 aliphatic heterocycles. The van der Waals surface area contributed by atoms with Crippen LogP contribution >= 0.6 is 0 Å². The second-order valence-electron chi connectivity index (χ2n) is 6.73. The second kappa shape index (κ2) is 5.19. The molecule has 0 radical (unpaired) electrons. The van der Waals surface area contributed by atoms with E-state index in [1.54, 1.807) is 11.2 Å². The molecule has 1 aliphatic carbocycles. The summed E-state index contributed by atoms with van der Waals surface area (Å²) in [7, 11) is 2.06. The van der Waals surface area contributed by atoms with Crippen LogP contribution in [0.4, 0.5) is 5.82 Å². The maximum Gasteiger partial charge on any atom is 0.251 e. The molecule has 2 aromatic rings. The largest absolute Gasteiger partial charge is 0.384 e. The zero-order chi connectivity index (χ0) is 16.1. The third-order valence-electron chi connectivity index (χ3n) is 5.22. The zero-order valence-corrected chi connectivity index (χ0v) is 13.3. The van der Waals surface area contributed by atoms with E-state index in [1.165, 1.54) is 6.92 Å². The molecular weight excluding hydrogens is 294 g/mol. The number of likely N-dealkylation sites (tertiary alicyclic amines) is 1. The highest BCUT2D eigenvalue weighted by Crippen LogP contribution is 2.52. The normalized spacial score (nSPS) is 27.1. The Balaban J connectivity index is 1.40. The highest BCUT2D eigenvalue weighted by atomic mass is 16.3. The van der Waals surface area contributed by atoms with Crippen molar-refractivity contribution in [1.29, 1.82) is 0 Å². The number of amides is 1. The highest BCUT2D eigenvalue weighted by molar-refractivity contribution is 5.87. The van der Waals surface area contributed by atoms with Crippen LogP contribution < -0.4 is 4.90 Å². The van der Waals surface area contributed by atoms with E-state index in [4.69, 9.17) is 0 Å². The Bertz CT molecular complexity index is 731. The van der Waals surface area contributed by atoms with E-state index in [2.05, 4.69) is 26.9 Å². The number of nitrogens with one attached hydrogen (secondary N) is 1. The van der Waals surface area contributed by atoms with Gasteiger partial charge in [0.05, 0.1) is 5.39 Å². The molecule has 1 amide bonds. The van der Waals surface area contributed by atoms with E-state index in [1.807, 2.05) is 12.3 Å². The summed E-state index contributed by atoms with van der Waals surface area (Å²) in [5.41, 5.74) is 0.853. The molecular formula is C16H21N5O2. The fourth-order valence-corrected chi connectivity index (χ4v) is 3.93. The molecule has 122 valence electrons. The van der Waals surface area contributed by atoms with Gasteiger partial charge in [-0.3, -0.25) is 4.79 Å². The predicted molar refractivity (Wildman–Crippen MR) is 85.9 cm³/mol. The number of anilines is 1. The summed E-state index contributed by atoms with van der Waals surface area (Å²) in [6.45, 7) is 4.02. The lowest BCUT2D eigenvalue weighted by Gasteiger charge is -2.24. The molecule has 2 fully saturated rings. The predicted octanol–water partition coefficient (Wildman–Crippen LogP) is 0.479. The Morgan fingerprint density at radius 3 is 2.91 bits per heavy atom. The Hall–Kier alpha value is -2.15. The fourth-order valence-electron chi connectivity index (χ4n) is 3.93. The number of fused-ring (bicyclic) bond motifs is 2. The van der Waals surface area contributed by atoms with Gasteiger partial charge in [0.2, 0.25) is 0 Å². The van der Waals surface area contributed by atoms with Gasteiger partial charge in [-0.2, -0.15) is 0 Å². The standard InChI is InChI=1S/C16H21N5O2/c1-9(22)16(23)21-6-12-11(13(12)7-21)5-20(2)15-10-3-4-17-14(10)18-8-19-15/h3-4,8-9,11-13,22H,5-7H2,1-2H3,(H,17,18,19)/t9-,11?,12-,13+/m0/s1. The fraction of sp³-hybridized carbons (Fsp3) is 0.562. The molecule has 1 saturated carbocycles. The SMILES string of the molecule is C[C@H](O)C(=O)N1C[C@@H]2C(CN(C)c3ncnc4[nH]ccc34)[C@@H]2C1. The van der Waals surface area contributed by atoms with Gasteiger partial charge in [0.15, 0.2) is 0 Å². The summed E-state index contributed by atoms with van der Waals surface area (Å²) < 4.78 is 0.